The highest BCUT2D eigenvalue weighted by atomic mass is 32.1. The van der Waals surface area contributed by atoms with Crippen LogP contribution in [0.1, 0.15) is 21.5 Å². The van der Waals surface area contributed by atoms with E-state index in [9.17, 15) is 14.9 Å². The van der Waals surface area contributed by atoms with E-state index in [2.05, 4.69) is 15.8 Å². The number of nitrogens with one attached hydrogen (secondary N) is 2. The number of hydrogen-bond acceptors (Lipinski definition) is 7. The van der Waals surface area contributed by atoms with Crippen LogP contribution in [0.5, 0.6) is 11.5 Å². The van der Waals surface area contributed by atoms with Crippen molar-refractivity contribution in [3.63, 3.8) is 0 Å². The van der Waals surface area contributed by atoms with Gasteiger partial charge in [-0.15, -0.1) is 0 Å². The van der Waals surface area contributed by atoms with Crippen molar-refractivity contribution in [1.82, 2.24) is 5.43 Å². The van der Waals surface area contributed by atoms with Crippen LogP contribution >= 0.6 is 12.2 Å². The summed E-state index contributed by atoms with van der Waals surface area (Å²) < 4.78 is 11.2. The molecule has 0 heterocycles. The van der Waals surface area contributed by atoms with Gasteiger partial charge in [0.25, 0.3) is 5.69 Å². The third-order valence-corrected chi connectivity index (χ3v) is 4.67. The van der Waals surface area contributed by atoms with Crippen LogP contribution in [0.15, 0.2) is 71.8 Å². The minimum atomic E-state index is -1.03. The normalized spacial score (nSPS) is 10.5. The molecular weight excluding hydrogens is 460 g/mol. The van der Waals surface area contributed by atoms with E-state index in [4.69, 9.17) is 26.8 Å². The Morgan fingerprint density at radius 1 is 1.15 bits per heavy atom. The fourth-order valence-corrected chi connectivity index (χ4v) is 2.98. The van der Waals surface area contributed by atoms with Crippen molar-refractivity contribution < 1.29 is 24.3 Å². The van der Waals surface area contributed by atoms with Gasteiger partial charge in [-0.3, -0.25) is 15.5 Å². The van der Waals surface area contributed by atoms with Gasteiger partial charge in [-0.2, -0.15) is 5.10 Å². The number of carboxylic acid groups (broad SMARTS) is 1. The fourth-order valence-electron chi connectivity index (χ4n) is 2.81. The molecule has 0 radical (unpaired) electrons. The van der Waals surface area contributed by atoms with Gasteiger partial charge >= 0.3 is 5.97 Å². The Hall–Kier alpha value is -4.51. The Morgan fingerprint density at radius 2 is 1.91 bits per heavy atom. The molecular formula is C23H20N4O6S. The number of ether oxygens (including phenoxy) is 2. The number of thiocarbonyl (C=S) groups is 1. The predicted molar refractivity (Wildman–Crippen MR) is 131 cm³/mol. The van der Waals surface area contributed by atoms with Gasteiger partial charge < -0.3 is 19.9 Å². The second kappa shape index (κ2) is 11.4. The minimum absolute atomic E-state index is 0.0158. The lowest BCUT2D eigenvalue weighted by Gasteiger charge is -2.11. The Kier molecular flexibility index (Phi) is 8.08. The fraction of sp³-hybridized carbons (Fsp3) is 0.0870. The number of nitro groups is 1. The molecule has 0 unspecified atom stereocenters. The highest BCUT2D eigenvalue weighted by molar-refractivity contribution is 7.80. The average molecular weight is 481 g/mol. The van der Waals surface area contributed by atoms with Crippen molar-refractivity contribution >= 4 is 40.9 Å². The summed E-state index contributed by atoms with van der Waals surface area (Å²) in [5.41, 5.74) is 4.82. The molecule has 0 saturated carbocycles. The first kappa shape index (κ1) is 24.1. The summed E-state index contributed by atoms with van der Waals surface area (Å²) in [5, 5.41) is 26.9. The van der Waals surface area contributed by atoms with Gasteiger partial charge in [0, 0.05) is 17.8 Å². The monoisotopic (exact) mass is 480 g/mol. The molecule has 174 valence electrons. The van der Waals surface area contributed by atoms with Gasteiger partial charge in [0.1, 0.15) is 6.61 Å². The first-order chi connectivity index (χ1) is 16.4. The molecule has 0 spiro atoms. The molecule has 0 aliphatic heterocycles. The number of non-ortho nitro benzene ring substituents is 1. The number of hydrogen-bond donors (Lipinski definition) is 3. The van der Waals surface area contributed by atoms with E-state index in [-0.39, 0.29) is 23.0 Å². The number of nitrogens with zero attached hydrogens (tertiary/aromatic N) is 2. The molecule has 34 heavy (non-hydrogen) atoms. The Balaban J connectivity index is 1.57. The summed E-state index contributed by atoms with van der Waals surface area (Å²) in [7, 11) is 1.51. The molecule has 11 heteroatoms. The lowest BCUT2D eigenvalue weighted by atomic mass is 10.2. The van der Waals surface area contributed by atoms with Crippen molar-refractivity contribution in [2.45, 2.75) is 6.61 Å². The number of aromatic carboxylic acids is 1. The molecule has 0 atom stereocenters. The van der Waals surface area contributed by atoms with Crippen molar-refractivity contribution in [2.75, 3.05) is 12.4 Å². The van der Waals surface area contributed by atoms with Crippen LogP contribution in [0.2, 0.25) is 0 Å². The Bertz CT molecular complexity index is 1230. The molecule has 3 aromatic rings. The topological polar surface area (TPSA) is 135 Å². The summed E-state index contributed by atoms with van der Waals surface area (Å²) in [5.74, 6) is -0.0480. The number of nitro benzene ring substituents is 1. The first-order valence-electron chi connectivity index (χ1n) is 9.83. The number of methoxy groups -OCH3 is 1. The van der Waals surface area contributed by atoms with Crippen LogP contribution in [0.3, 0.4) is 0 Å². The van der Waals surface area contributed by atoms with Crippen LogP contribution in [0, 0.1) is 10.1 Å². The van der Waals surface area contributed by atoms with Crippen LogP contribution in [0.4, 0.5) is 11.4 Å². The second-order valence-corrected chi connectivity index (χ2v) is 7.24. The molecule has 0 saturated heterocycles. The van der Waals surface area contributed by atoms with Gasteiger partial charge in [0.2, 0.25) is 0 Å². The standard InChI is InChI=1S/C23H20N4O6S/c1-32-21-11-16(7-10-20(21)33-14-15-5-8-19(9-6-15)27(30)31)13-24-26-23(34)25-18-4-2-3-17(12-18)22(28)29/h2-13H,14H2,1H3,(H,28,29)(H2,25,26,34). The molecule has 0 fully saturated rings. The lowest BCUT2D eigenvalue weighted by Crippen LogP contribution is -2.24. The van der Waals surface area contributed by atoms with E-state index in [0.717, 1.165) is 5.56 Å². The van der Waals surface area contributed by atoms with Crippen LogP contribution < -0.4 is 20.2 Å². The van der Waals surface area contributed by atoms with Crippen LogP contribution in [-0.4, -0.2) is 34.4 Å². The molecule has 0 bridgehead atoms. The van der Waals surface area contributed by atoms with Gasteiger partial charge in [0.15, 0.2) is 16.6 Å². The van der Waals surface area contributed by atoms with Crippen molar-refractivity contribution in [3.05, 3.63) is 93.5 Å². The van der Waals surface area contributed by atoms with E-state index in [0.29, 0.717) is 22.7 Å². The SMILES string of the molecule is COc1cc(C=NNC(=S)Nc2cccc(C(=O)O)c2)ccc1OCc1ccc([N+](=O)[O-])cc1. The molecule has 0 aliphatic carbocycles. The highest BCUT2D eigenvalue weighted by Crippen LogP contribution is 2.28. The summed E-state index contributed by atoms with van der Waals surface area (Å²) in [6, 6.07) is 17.6. The summed E-state index contributed by atoms with van der Waals surface area (Å²) in [6.45, 7) is 0.215. The van der Waals surface area contributed by atoms with Crippen molar-refractivity contribution in [3.8, 4) is 11.5 Å². The number of anilines is 1. The smallest absolute Gasteiger partial charge is 0.335 e. The van der Waals surface area contributed by atoms with Crippen molar-refractivity contribution in [1.29, 1.82) is 0 Å². The zero-order chi connectivity index (χ0) is 24.5. The number of carbonyl (C=O) groups is 1. The van der Waals surface area contributed by atoms with E-state index >= 15 is 0 Å². The maximum Gasteiger partial charge on any atom is 0.335 e. The maximum absolute atomic E-state index is 11.1. The van der Waals surface area contributed by atoms with Gasteiger partial charge in [0.05, 0.1) is 23.8 Å². The summed E-state index contributed by atoms with van der Waals surface area (Å²) >= 11 is 5.17. The number of carboxylic acids is 1. The van der Waals surface area contributed by atoms with Crippen LogP contribution in [0.25, 0.3) is 0 Å². The van der Waals surface area contributed by atoms with Gasteiger partial charge in [-0.1, -0.05) is 6.07 Å². The first-order valence-corrected chi connectivity index (χ1v) is 10.2. The molecule has 3 aromatic carbocycles. The minimum Gasteiger partial charge on any atom is -0.493 e. The van der Waals surface area contributed by atoms with E-state index in [1.165, 1.54) is 37.6 Å². The number of rotatable bonds is 9. The molecule has 3 N–H and O–H groups in total. The molecule has 0 amide bonds. The molecule has 0 aromatic heterocycles. The van der Waals surface area contributed by atoms with E-state index in [1.807, 2.05) is 0 Å². The Labute approximate surface area is 200 Å². The zero-order valence-electron chi connectivity index (χ0n) is 17.9. The van der Waals surface area contributed by atoms with E-state index < -0.39 is 10.9 Å². The number of benzene rings is 3. The predicted octanol–water partition coefficient (Wildman–Crippen LogP) is 4.20. The summed E-state index contributed by atoms with van der Waals surface area (Å²) in [6.07, 6.45) is 1.53. The average Bonchev–Trinajstić information content (AvgIpc) is 2.83. The third-order valence-electron chi connectivity index (χ3n) is 4.48. The third kappa shape index (κ3) is 6.74. The van der Waals surface area contributed by atoms with E-state index in [1.54, 1.807) is 42.5 Å². The second-order valence-electron chi connectivity index (χ2n) is 6.83. The molecule has 10 nitrogen and oxygen atoms in total. The van der Waals surface area contributed by atoms with Gasteiger partial charge in [-0.05, 0) is 71.9 Å². The molecule has 3 rings (SSSR count). The zero-order valence-corrected chi connectivity index (χ0v) is 18.7. The number of hydrazone groups is 1. The molecule has 0 aliphatic rings. The Morgan fingerprint density at radius 3 is 2.59 bits per heavy atom. The van der Waals surface area contributed by atoms with Crippen LogP contribution in [-0.2, 0) is 6.61 Å². The summed E-state index contributed by atoms with van der Waals surface area (Å²) in [4.78, 5) is 21.3. The largest absolute Gasteiger partial charge is 0.493 e. The van der Waals surface area contributed by atoms with Gasteiger partial charge in [-0.25, -0.2) is 4.79 Å². The lowest BCUT2D eigenvalue weighted by molar-refractivity contribution is -0.384. The maximum atomic E-state index is 11.1. The quantitative estimate of drug-likeness (QED) is 0.178. The van der Waals surface area contributed by atoms with Crippen molar-refractivity contribution in [2.24, 2.45) is 5.10 Å². The highest BCUT2D eigenvalue weighted by Gasteiger charge is 2.08.